The van der Waals surface area contributed by atoms with Crippen molar-refractivity contribution in [2.75, 3.05) is 18.0 Å². The third-order valence-electron chi connectivity index (χ3n) is 12.8. The van der Waals surface area contributed by atoms with Crippen LogP contribution in [0.5, 0.6) is 0 Å². The fourth-order valence-corrected chi connectivity index (χ4v) is 9.76. The predicted molar refractivity (Wildman–Crippen MR) is 224 cm³/mol. The zero-order chi connectivity index (χ0) is 43.7. The zero-order valence-electron chi connectivity index (χ0n) is 34.9. The summed E-state index contributed by atoms with van der Waals surface area (Å²) < 4.78 is 0. The minimum atomic E-state index is -1.44. The molecule has 3 heterocycles. The lowest BCUT2D eigenvalue weighted by Crippen LogP contribution is -2.59. The molecular formula is C45H57N7O8. The van der Waals surface area contributed by atoms with E-state index in [9.17, 15) is 39.0 Å². The Hall–Kier alpha value is -6.12. The second kappa shape index (κ2) is 17.2. The molecule has 6 atom stereocenters. The molecule has 8 N–H and O–H groups in total. The van der Waals surface area contributed by atoms with E-state index in [0.29, 0.717) is 36.8 Å². The fourth-order valence-electron chi connectivity index (χ4n) is 9.76. The number of carboxylic acid groups (broad SMARTS) is 2. The average Bonchev–Trinajstić information content (AvgIpc) is 3.97. The molecule has 320 valence electrons. The van der Waals surface area contributed by atoms with Gasteiger partial charge in [0.25, 0.3) is 0 Å². The molecule has 60 heavy (non-hydrogen) atoms. The molecule has 6 amide bonds. The van der Waals surface area contributed by atoms with Gasteiger partial charge in [-0.15, -0.1) is 0 Å². The van der Waals surface area contributed by atoms with Crippen LogP contribution >= 0.6 is 0 Å². The molecule has 15 heteroatoms. The Morgan fingerprint density at radius 3 is 1.30 bits per heavy atom. The third kappa shape index (κ3) is 7.84. The maximum atomic E-state index is 13.9. The summed E-state index contributed by atoms with van der Waals surface area (Å²) in [5, 5.41) is 23.6. The number of nitrogens with one attached hydrogen (secondary N) is 2. The van der Waals surface area contributed by atoms with Crippen molar-refractivity contribution in [3.05, 3.63) is 101 Å². The number of likely N-dealkylation sites (tertiary alicyclic amines) is 2. The van der Waals surface area contributed by atoms with E-state index in [1.165, 1.54) is 9.80 Å². The minimum Gasteiger partial charge on any atom is -0.465 e. The average molecular weight is 824 g/mol. The molecular weight excluding hydrogens is 767 g/mol. The van der Waals surface area contributed by atoms with Crippen LogP contribution in [0.4, 0.5) is 15.3 Å². The number of carbonyl (C=O) groups excluding carboxylic acids is 4. The largest absolute Gasteiger partial charge is 0.465 e. The van der Waals surface area contributed by atoms with E-state index in [1.807, 2.05) is 55.5 Å². The van der Waals surface area contributed by atoms with Gasteiger partial charge in [-0.25, -0.2) is 9.59 Å². The Morgan fingerprint density at radius 2 is 0.983 bits per heavy atom. The van der Waals surface area contributed by atoms with Gasteiger partial charge in [-0.1, -0.05) is 93.9 Å². The highest BCUT2D eigenvalue weighted by atomic mass is 16.4. The molecule has 6 rings (SSSR count). The number of hydrogen-bond donors (Lipinski definition) is 6. The quantitative estimate of drug-likeness (QED) is 0.132. The smallest absolute Gasteiger partial charge is 0.405 e. The molecule has 0 aromatic heterocycles. The first kappa shape index (κ1) is 43.5. The summed E-state index contributed by atoms with van der Waals surface area (Å²) in [6.07, 6.45) is 0.570. The van der Waals surface area contributed by atoms with Gasteiger partial charge in [-0.3, -0.25) is 19.2 Å². The Balaban J connectivity index is 1.32. The number of hydrogen-bond acceptors (Lipinski definition) is 7. The van der Waals surface area contributed by atoms with Crippen LogP contribution in [-0.4, -0.2) is 81.0 Å². The van der Waals surface area contributed by atoms with Crippen molar-refractivity contribution in [2.24, 2.45) is 23.3 Å². The molecule has 0 aliphatic carbocycles. The number of nitrogens with two attached hydrogens (primary N) is 2. The van der Waals surface area contributed by atoms with Gasteiger partial charge in [0, 0.05) is 18.8 Å². The van der Waals surface area contributed by atoms with Crippen molar-refractivity contribution < 1.29 is 39.0 Å². The summed E-state index contributed by atoms with van der Waals surface area (Å²) in [4.78, 5) is 83.0. The van der Waals surface area contributed by atoms with E-state index in [0.717, 1.165) is 35.2 Å². The highest BCUT2D eigenvalue weighted by Gasteiger charge is 2.53. The summed E-state index contributed by atoms with van der Waals surface area (Å²) >= 11 is 0. The number of aryl methyl sites for hydroxylation is 1. The topological polar surface area (TPSA) is 229 Å². The SMILES string of the molecule is Cc1ccc(N2[C@@H](c3ccc([C@]4(C(N)=O)CCCN4C(=O)[C@@H](NC(=O)O)C(C)C)cc3)CC[C@@H]2c2ccc([C@]3(C(N)=O)CCCN3C(=O)[C@@H](NC(=O)O)C(C)C)cc2)cc1. The first-order valence-corrected chi connectivity index (χ1v) is 20.7. The Kier molecular flexibility index (Phi) is 12.5. The van der Waals surface area contributed by atoms with Crippen LogP contribution in [0.3, 0.4) is 0 Å². The minimum absolute atomic E-state index is 0.0861. The number of amides is 6. The molecule has 0 spiro atoms. The molecule has 3 aliphatic rings. The molecule has 3 fully saturated rings. The maximum absolute atomic E-state index is 13.9. The normalized spacial score (nSPS) is 23.8. The Labute approximate surface area is 350 Å². The number of primary amides is 2. The number of rotatable bonds is 13. The lowest BCUT2D eigenvalue weighted by molar-refractivity contribution is -0.146. The Bertz CT molecular complexity index is 1980. The highest BCUT2D eigenvalue weighted by molar-refractivity contribution is 5.96. The van der Waals surface area contributed by atoms with Crippen molar-refractivity contribution in [3.63, 3.8) is 0 Å². The van der Waals surface area contributed by atoms with Crippen LogP contribution in [0.15, 0.2) is 72.8 Å². The maximum Gasteiger partial charge on any atom is 0.405 e. The second-order valence-corrected chi connectivity index (χ2v) is 17.1. The molecule has 3 aromatic carbocycles. The third-order valence-corrected chi connectivity index (χ3v) is 12.8. The van der Waals surface area contributed by atoms with Crippen molar-refractivity contribution in [1.82, 2.24) is 20.4 Å². The van der Waals surface area contributed by atoms with Crippen molar-refractivity contribution in [3.8, 4) is 0 Å². The van der Waals surface area contributed by atoms with E-state index in [4.69, 9.17) is 11.5 Å². The zero-order valence-corrected chi connectivity index (χ0v) is 34.9. The van der Waals surface area contributed by atoms with Gasteiger partial charge in [0.1, 0.15) is 23.2 Å². The molecule has 0 saturated carbocycles. The molecule has 0 unspecified atom stereocenters. The number of benzene rings is 3. The van der Waals surface area contributed by atoms with Gasteiger partial charge < -0.3 is 47.0 Å². The van der Waals surface area contributed by atoms with Crippen LogP contribution in [0, 0.1) is 18.8 Å². The van der Waals surface area contributed by atoms with Crippen LogP contribution < -0.4 is 27.0 Å². The van der Waals surface area contributed by atoms with Gasteiger partial charge in [-0.2, -0.15) is 0 Å². The molecule has 3 aliphatic heterocycles. The number of anilines is 1. The Morgan fingerprint density at radius 1 is 0.617 bits per heavy atom. The summed E-state index contributed by atoms with van der Waals surface area (Å²) in [6, 6.07) is 21.3. The number of carbonyl (C=O) groups is 6. The summed E-state index contributed by atoms with van der Waals surface area (Å²) in [5.74, 6) is -3.07. The van der Waals surface area contributed by atoms with Crippen molar-refractivity contribution in [2.45, 2.75) is 108 Å². The standard InChI is InChI=1S/C45H57N7O8/c1-26(2)36(48-42(57)58)38(53)50-24-6-22-44(50,40(46)55)31-14-10-29(11-15-31)34-20-21-35(52(34)33-18-8-28(5)9-19-33)30-12-16-32(17-13-30)45(41(47)56)23-7-25-51(45)39(54)37(27(3)4)49-43(59)60/h8-19,26-27,34-37,48-49H,6-7,20-25H2,1-5H3,(H2,46,55)(H2,47,56)(H,57,58)(H,59,60)/t34-,35-,36+,37+,44+,45+/m1/s1. The second-order valence-electron chi connectivity index (χ2n) is 17.1. The predicted octanol–water partition coefficient (Wildman–Crippen LogP) is 5.27. The van der Waals surface area contributed by atoms with E-state index in [2.05, 4.69) is 39.8 Å². The van der Waals surface area contributed by atoms with Crippen LogP contribution in [-0.2, 0) is 30.3 Å². The molecule has 0 radical (unpaired) electrons. The molecule has 15 nitrogen and oxygen atoms in total. The first-order chi connectivity index (χ1) is 28.4. The first-order valence-electron chi connectivity index (χ1n) is 20.7. The van der Waals surface area contributed by atoms with Gasteiger partial charge in [-0.05, 0) is 91.7 Å². The summed E-state index contributed by atoms with van der Waals surface area (Å²) in [5.41, 5.74) is 14.6. The number of nitrogens with zero attached hydrogens (tertiary/aromatic N) is 3. The monoisotopic (exact) mass is 823 g/mol. The fraction of sp³-hybridized carbons (Fsp3) is 0.467. The highest BCUT2D eigenvalue weighted by Crippen LogP contribution is 2.49. The lowest BCUT2D eigenvalue weighted by Gasteiger charge is -2.39. The van der Waals surface area contributed by atoms with Crippen LogP contribution in [0.25, 0.3) is 0 Å². The van der Waals surface area contributed by atoms with E-state index in [-0.39, 0.29) is 37.0 Å². The summed E-state index contributed by atoms with van der Waals surface area (Å²) in [6.45, 7) is 9.52. The summed E-state index contributed by atoms with van der Waals surface area (Å²) in [7, 11) is 0. The van der Waals surface area contributed by atoms with E-state index in [1.54, 1.807) is 27.7 Å². The van der Waals surface area contributed by atoms with Crippen LogP contribution in [0.2, 0.25) is 0 Å². The van der Waals surface area contributed by atoms with Gasteiger partial charge in [0.05, 0.1) is 12.1 Å². The van der Waals surface area contributed by atoms with Gasteiger partial charge in [0.15, 0.2) is 0 Å². The van der Waals surface area contributed by atoms with Crippen molar-refractivity contribution in [1.29, 1.82) is 0 Å². The van der Waals surface area contributed by atoms with E-state index >= 15 is 0 Å². The van der Waals surface area contributed by atoms with Crippen molar-refractivity contribution >= 4 is 41.5 Å². The molecule has 0 bridgehead atoms. The lowest BCUT2D eigenvalue weighted by atomic mass is 9.84. The van der Waals surface area contributed by atoms with Crippen LogP contribution in [0.1, 0.15) is 106 Å². The molecule has 3 saturated heterocycles. The van der Waals surface area contributed by atoms with Gasteiger partial charge in [0.2, 0.25) is 23.6 Å². The van der Waals surface area contributed by atoms with E-state index < -0.39 is 59.0 Å². The molecule has 3 aromatic rings. The van der Waals surface area contributed by atoms with Gasteiger partial charge >= 0.3 is 12.2 Å².